The lowest BCUT2D eigenvalue weighted by atomic mass is 9.89. The van der Waals surface area contributed by atoms with Gasteiger partial charge in [-0.1, -0.05) is 19.3 Å². The van der Waals surface area contributed by atoms with E-state index in [1.807, 2.05) is 0 Å². The zero-order chi connectivity index (χ0) is 21.6. The summed E-state index contributed by atoms with van der Waals surface area (Å²) in [5.74, 6) is 0.354. The van der Waals surface area contributed by atoms with Gasteiger partial charge < -0.3 is 10.2 Å². The second kappa shape index (κ2) is 10.3. The van der Waals surface area contributed by atoms with Crippen LogP contribution in [0, 0.1) is 11.8 Å². The number of benzene rings is 1. The van der Waals surface area contributed by atoms with Gasteiger partial charge in [0.2, 0.25) is 15.9 Å². The fraction of sp³-hybridized carbons (Fsp3) is 0.636. The lowest BCUT2D eigenvalue weighted by molar-refractivity contribution is -0.126. The minimum atomic E-state index is -3.35. The molecule has 1 saturated carbocycles. The number of likely N-dealkylation sites (tertiary alicyclic amines) is 1. The number of carbonyl (C=O) groups is 2. The highest BCUT2D eigenvalue weighted by molar-refractivity contribution is 7.92. The Bertz CT molecular complexity index is 832. The van der Waals surface area contributed by atoms with Gasteiger partial charge in [-0.15, -0.1) is 0 Å². The molecule has 1 aliphatic carbocycles. The van der Waals surface area contributed by atoms with E-state index in [-0.39, 0.29) is 23.5 Å². The van der Waals surface area contributed by atoms with E-state index in [0.29, 0.717) is 30.3 Å². The zero-order valence-corrected chi connectivity index (χ0v) is 18.5. The molecule has 2 fully saturated rings. The second-order valence-electron chi connectivity index (χ2n) is 8.42. The molecule has 0 spiro atoms. The quantitative estimate of drug-likeness (QED) is 0.688. The molecule has 2 aliphatic rings. The van der Waals surface area contributed by atoms with Crippen LogP contribution in [0.3, 0.4) is 0 Å². The van der Waals surface area contributed by atoms with Crippen LogP contribution < -0.4 is 10.0 Å². The number of hydrogen-bond acceptors (Lipinski definition) is 4. The maximum Gasteiger partial charge on any atom is 0.253 e. The summed E-state index contributed by atoms with van der Waals surface area (Å²) in [7, 11) is -3.35. The third-order valence-electron chi connectivity index (χ3n) is 6.15. The predicted molar refractivity (Wildman–Crippen MR) is 118 cm³/mol. The summed E-state index contributed by atoms with van der Waals surface area (Å²) in [5.41, 5.74) is 0.935. The number of carbonyl (C=O) groups excluding carboxylic acids is 2. The van der Waals surface area contributed by atoms with Gasteiger partial charge in [-0.25, -0.2) is 8.42 Å². The maximum atomic E-state index is 12.9. The summed E-state index contributed by atoms with van der Waals surface area (Å²) < 4.78 is 25.8. The molecule has 1 unspecified atom stereocenters. The summed E-state index contributed by atoms with van der Waals surface area (Å²) in [6.07, 6.45) is 7.81. The number of nitrogens with one attached hydrogen (secondary N) is 2. The van der Waals surface area contributed by atoms with Gasteiger partial charge >= 0.3 is 0 Å². The minimum Gasteiger partial charge on any atom is -0.356 e. The van der Waals surface area contributed by atoms with Crippen molar-refractivity contribution in [3.8, 4) is 0 Å². The lowest BCUT2D eigenvalue weighted by Crippen LogP contribution is -2.46. The molecule has 1 heterocycles. The molecule has 0 bridgehead atoms. The number of rotatable bonds is 7. The summed E-state index contributed by atoms with van der Waals surface area (Å²) >= 11 is 0. The average Bonchev–Trinajstić information content (AvgIpc) is 2.78. The number of sulfonamides is 1. The first-order valence-corrected chi connectivity index (χ1v) is 12.7. The molecule has 2 N–H and O–H groups in total. The van der Waals surface area contributed by atoms with Crippen LogP contribution in [-0.4, -0.2) is 50.5 Å². The van der Waals surface area contributed by atoms with Crippen LogP contribution >= 0.6 is 0 Å². The summed E-state index contributed by atoms with van der Waals surface area (Å²) in [6.45, 7) is 3.38. The number of piperidine rings is 1. The molecule has 30 heavy (non-hydrogen) atoms. The molecule has 1 aromatic carbocycles. The number of hydrogen-bond donors (Lipinski definition) is 2. The molecule has 3 rings (SSSR count). The van der Waals surface area contributed by atoms with E-state index >= 15 is 0 Å². The van der Waals surface area contributed by atoms with Crippen molar-refractivity contribution in [1.29, 1.82) is 0 Å². The van der Waals surface area contributed by atoms with Crippen molar-refractivity contribution in [3.05, 3.63) is 29.8 Å². The fourth-order valence-corrected chi connectivity index (χ4v) is 4.91. The molecule has 1 aromatic rings. The Kier molecular flexibility index (Phi) is 7.75. The van der Waals surface area contributed by atoms with E-state index < -0.39 is 10.0 Å². The third kappa shape index (κ3) is 6.20. The second-order valence-corrected chi connectivity index (χ2v) is 10.4. The predicted octanol–water partition coefficient (Wildman–Crippen LogP) is 3.00. The van der Waals surface area contributed by atoms with Gasteiger partial charge in [0.05, 0.1) is 11.7 Å². The Morgan fingerprint density at radius 1 is 1.03 bits per heavy atom. The van der Waals surface area contributed by atoms with Gasteiger partial charge in [0.1, 0.15) is 0 Å². The molecular formula is C22H33N3O4S. The lowest BCUT2D eigenvalue weighted by Gasteiger charge is -2.32. The number of nitrogens with zero attached hydrogens (tertiary/aromatic N) is 1. The molecule has 1 saturated heterocycles. The van der Waals surface area contributed by atoms with Gasteiger partial charge in [0.15, 0.2) is 0 Å². The molecule has 7 nitrogen and oxygen atoms in total. The van der Waals surface area contributed by atoms with Crippen LogP contribution in [0.5, 0.6) is 0 Å². The van der Waals surface area contributed by atoms with Gasteiger partial charge in [-0.05, 0) is 62.8 Å². The Morgan fingerprint density at radius 2 is 1.73 bits per heavy atom. The summed E-state index contributed by atoms with van der Waals surface area (Å²) in [4.78, 5) is 27.3. The van der Waals surface area contributed by atoms with Crippen molar-refractivity contribution in [1.82, 2.24) is 10.2 Å². The summed E-state index contributed by atoms with van der Waals surface area (Å²) in [5, 5.41) is 3.11. The average molecular weight is 436 g/mol. The fourth-order valence-electron chi connectivity index (χ4n) is 4.27. The molecule has 0 radical (unpaired) electrons. The van der Waals surface area contributed by atoms with Crippen molar-refractivity contribution in [2.24, 2.45) is 11.8 Å². The van der Waals surface area contributed by atoms with Crippen molar-refractivity contribution < 1.29 is 18.0 Å². The van der Waals surface area contributed by atoms with E-state index in [2.05, 4.69) is 10.0 Å². The van der Waals surface area contributed by atoms with Crippen molar-refractivity contribution in [3.63, 3.8) is 0 Å². The van der Waals surface area contributed by atoms with Gasteiger partial charge in [0.25, 0.3) is 5.91 Å². The number of anilines is 1. The van der Waals surface area contributed by atoms with Crippen LogP contribution in [0.1, 0.15) is 62.2 Å². The highest BCUT2D eigenvalue weighted by Gasteiger charge is 2.29. The maximum absolute atomic E-state index is 12.9. The molecule has 1 aliphatic heterocycles. The van der Waals surface area contributed by atoms with E-state index in [1.165, 1.54) is 32.1 Å². The first kappa shape index (κ1) is 22.6. The third-order valence-corrected chi connectivity index (χ3v) is 7.46. The van der Waals surface area contributed by atoms with Gasteiger partial charge in [0, 0.05) is 30.9 Å². The first-order chi connectivity index (χ1) is 14.4. The van der Waals surface area contributed by atoms with E-state index in [0.717, 1.165) is 19.4 Å². The minimum absolute atomic E-state index is 0.00827. The molecule has 2 amide bonds. The molecule has 1 atom stereocenters. The monoisotopic (exact) mass is 435 g/mol. The highest BCUT2D eigenvalue weighted by Crippen LogP contribution is 2.24. The van der Waals surface area contributed by atoms with Crippen LogP contribution in [0.2, 0.25) is 0 Å². The van der Waals surface area contributed by atoms with Crippen molar-refractivity contribution in [2.75, 3.05) is 30.1 Å². The molecular weight excluding hydrogens is 402 g/mol. The zero-order valence-electron chi connectivity index (χ0n) is 17.7. The smallest absolute Gasteiger partial charge is 0.253 e. The van der Waals surface area contributed by atoms with Crippen LogP contribution in [0.15, 0.2) is 24.3 Å². The van der Waals surface area contributed by atoms with Crippen LogP contribution in [0.25, 0.3) is 0 Å². The Hall–Kier alpha value is -2.09. The van der Waals surface area contributed by atoms with E-state index in [4.69, 9.17) is 0 Å². The largest absolute Gasteiger partial charge is 0.356 e. The summed E-state index contributed by atoms with van der Waals surface area (Å²) in [6, 6.07) is 6.45. The highest BCUT2D eigenvalue weighted by atomic mass is 32.2. The normalized spacial score (nSPS) is 20.6. The Balaban J connectivity index is 1.53. The van der Waals surface area contributed by atoms with Gasteiger partial charge in [-0.3, -0.25) is 14.3 Å². The van der Waals surface area contributed by atoms with Crippen LogP contribution in [0.4, 0.5) is 5.69 Å². The SMILES string of the molecule is CCS(=O)(=O)Nc1ccc(C(=O)N2CCCC(C(=O)NCC3CCCCC3)C2)cc1. The Morgan fingerprint density at radius 3 is 2.40 bits per heavy atom. The van der Waals surface area contributed by atoms with E-state index in [9.17, 15) is 18.0 Å². The molecule has 0 aromatic heterocycles. The standard InChI is InChI=1S/C22H33N3O4S/c1-2-30(28,29)24-20-12-10-18(11-13-20)22(27)25-14-6-9-19(16-25)21(26)23-15-17-7-4-3-5-8-17/h10-13,17,19,24H,2-9,14-16H2,1H3,(H,23,26). The Labute approximate surface area is 179 Å². The van der Waals surface area contributed by atoms with E-state index in [1.54, 1.807) is 36.1 Å². The van der Waals surface area contributed by atoms with Crippen molar-refractivity contribution >= 4 is 27.5 Å². The van der Waals surface area contributed by atoms with Crippen molar-refractivity contribution in [2.45, 2.75) is 51.9 Å². The molecule has 166 valence electrons. The topological polar surface area (TPSA) is 95.6 Å². The first-order valence-electron chi connectivity index (χ1n) is 11.1. The van der Waals surface area contributed by atoms with Crippen LogP contribution in [-0.2, 0) is 14.8 Å². The van der Waals surface area contributed by atoms with Gasteiger partial charge in [-0.2, -0.15) is 0 Å². The molecule has 8 heteroatoms. The number of amides is 2.